The van der Waals surface area contributed by atoms with Crippen LogP contribution in [0.25, 0.3) is 0 Å². The molecule has 0 bridgehead atoms. The monoisotopic (exact) mass is 74.0 g/mol. The van der Waals surface area contributed by atoms with Gasteiger partial charge < -0.3 is 0 Å². The van der Waals surface area contributed by atoms with Gasteiger partial charge in [-0.25, -0.2) is 0 Å². The topological polar surface area (TPSA) is 44.6 Å². The van der Waals surface area contributed by atoms with Crippen LogP contribution in [0.15, 0.2) is 4.99 Å². The zero-order valence-corrected chi connectivity index (χ0v) is 2.97. The zero-order chi connectivity index (χ0) is 4.12. The maximum Gasteiger partial charge on any atom is 0.106 e. The van der Waals surface area contributed by atoms with E-state index in [0.717, 1.165) is 0 Å². The third-order valence-corrected chi connectivity index (χ3v) is 0.187. The maximum absolute atomic E-state index is 7.67. The summed E-state index contributed by atoms with van der Waals surface area (Å²) >= 11 is 0. The Labute approximate surface area is 30.3 Å². The smallest absolute Gasteiger partial charge is 0.106 e. The Hall–Kier alpha value is -0.570. The molecule has 0 saturated heterocycles. The second-order valence-corrected chi connectivity index (χ2v) is 0.516. The van der Waals surface area contributed by atoms with E-state index < -0.39 is 0 Å². The fraction of sp³-hybridized carbons (Fsp3) is 0.500. The highest BCUT2D eigenvalue weighted by atomic mass is 16.5. The maximum atomic E-state index is 7.67. The summed E-state index contributed by atoms with van der Waals surface area (Å²) in [5.41, 5.74) is 1.73. The molecule has 0 aromatic rings. The summed E-state index contributed by atoms with van der Waals surface area (Å²) in [5, 5.41) is 7.67. The number of aliphatic imine (C=N–C) groups is 1. The molecule has 0 unspecified atom stereocenters. The van der Waals surface area contributed by atoms with Crippen LogP contribution in [0.2, 0.25) is 0 Å². The third kappa shape index (κ3) is 3.43. The first-order valence-electron chi connectivity index (χ1n) is 1.22. The molecule has 30 valence electrons. The average molecular weight is 74.1 g/mol. The first-order chi connectivity index (χ1) is 2.41. The number of hydroxylamine groups is 1. The Morgan fingerprint density at radius 2 is 2.60 bits per heavy atom. The van der Waals surface area contributed by atoms with Gasteiger partial charge in [-0.2, -0.15) is 0 Å². The zero-order valence-electron chi connectivity index (χ0n) is 2.97. The van der Waals surface area contributed by atoms with Crippen LogP contribution in [-0.2, 0) is 0 Å². The highest BCUT2D eigenvalue weighted by molar-refractivity contribution is 5.51. The normalized spacial score (nSPS) is 9.20. The Kier molecular flexibility index (Phi) is 3.04. The largest absolute Gasteiger partial charge is 0.290 e. The number of hydrogen-bond acceptors (Lipinski definition) is 2. The molecule has 0 saturated carbocycles. The van der Waals surface area contributed by atoms with Gasteiger partial charge in [-0.1, -0.05) is 0 Å². The van der Waals surface area contributed by atoms with Crippen molar-refractivity contribution < 1.29 is 5.21 Å². The van der Waals surface area contributed by atoms with Crippen molar-refractivity contribution in [3.05, 3.63) is 0 Å². The van der Waals surface area contributed by atoms with Crippen molar-refractivity contribution in [3.63, 3.8) is 0 Å². The summed E-state index contributed by atoms with van der Waals surface area (Å²) in [6.07, 6.45) is 1.18. The Bertz CT molecular complexity index is 34.6. The molecule has 5 heavy (non-hydrogen) atoms. The Balaban J connectivity index is 2.62. The van der Waals surface area contributed by atoms with Gasteiger partial charge in [0.2, 0.25) is 0 Å². The van der Waals surface area contributed by atoms with Crippen LogP contribution in [0.4, 0.5) is 0 Å². The van der Waals surface area contributed by atoms with E-state index in [9.17, 15) is 0 Å². The number of rotatable bonds is 1. The molecule has 0 radical (unpaired) electrons. The predicted molar refractivity (Wildman–Crippen MR) is 19.3 cm³/mol. The number of nitrogens with zero attached hydrogens (tertiary/aromatic N) is 1. The van der Waals surface area contributed by atoms with Gasteiger partial charge >= 0.3 is 0 Å². The van der Waals surface area contributed by atoms with Gasteiger partial charge in [-0.3, -0.25) is 15.7 Å². The van der Waals surface area contributed by atoms with Gasteiger partial charge in [0.15, 0.2) is 0 Å². The van der Waals surface area contributed by atoms with Crippen molar-refractivity contribution in [2.45, 2.75) is 0 Å². The van der Waals surface area contributed by atoms with E-state index in [2.05, 4.69) is 4.99 Å². The molecule has 3 heteroatoms. The molecule has 0 atom stereocenters. The molecule has 3 nitrogen and oxygen atoms in total. The van der Waals surface area contributed by atoms with E-state index in [-0.39, 0.29) is 0 Å². The van der Waals surface area contributed by atoms with E-state index in [1.165, 1.54) is 6.34 Å². The first-order valence-corrected chi connectivity index (χ1v) is 1.22. The second kappa shape index (κ2) is 3.43. The summed E-state index contributed by atoms with van der Waals surface area (Å²) in [7, 11) is 1.56. The predicted octanol–water partition coefficient (Wildman–Crippen LogP) is -0.377. The molecule has 0 aliphatic carbocycles. The van der Waals surface area contributed by atoms with Gasteiger partial charge in [0.1, 0.15) is 6.34 Å². The van der Waals surface area contributed by atoms with Gasteiger partial charge in [0.25, 0.3) is 0 Å². The van der Waals surface area contributed by atoms with Crippen molar-refractivity contribution in [1.82, 2.24) is 5.48 Å². The minimum atomic E-state index is 1.18. The highest BCUT2D eigenvalue weighted by Gasteiger charge is 1.46. The molecule has 0 aliphatic heterocycles. The molecule has 2 N–H and O–H groups in total. The summed E-state index contributed by atoms with van der Waals surface area (Å²) in [4.78, 5) is 3.37. The van der Waals surface area contributed by atoms with E-state index >= 15 is 0 Å². The molecule has 0 aromatic heterocycles. The van der Waals surface area contributed by atoms with Crippen molar-refractivity contribution >= 4 is 6.34 Å². The van der Waals surface area contributed by atoms with Crippen LogP contribution >= 0.6 is 0 Å². The fourth-order valence-corrected chi connectivity index (χ4v) is 0.0577. The molecular weight excluding hydrogens is 68.0 g/mol. The molecule has 0 aliphatic rings. The van der Waals surface area contributed by atoms with Gasteiger partial charge in [0, 0.05) is 7.05 Å². The lowest BCUT2D eigenvalue weighted by Gasteiger charge is -1.73. The van der Waals surface area contributed by atoms with Crippen molar-refractivity contribution in [2.75, 3.05) is 7.05 Å². The summed E-state index contributed by atoms with van der Waals surface area (Å²) in [5.74, 6) is 0. The Morgan fingerprint density at radius 1 is 2.00 bits per heavy atom. The summed E-state index contributed by atoms with van der Waals surface area (Å²) < 4.78 is 0. The molecule has 0 aromatic carbocycles. The van der Waals surface area contributed by atoms with Crippen molar-refractivity contribution in [2.24, 2.45) is 4.99 Å². The standard InChI is InChI=1S/C2H6N2O/c1-3-2-4-5/h2,5H,1H3,(H,3,4). The second-order valence-electron chi connectivity index (χ2n) is 0.516. The van der Waals surface area contributed by atoms with E-state index in [0.29, 0.717) is 0 Å². The fourth-order valence-electron chi connectivity index (χ4n) is 0.0577. The van der Waals surface area contributed by atoms with Gasteiger partial charge in [0.05, 0.1) is 0 Å². The average Bonchev–Trinajstić information content (AvgIpc) is 1.41. The molecule has 0 heterocycles. The van der Waals surface area contributed by atoms with E-state index in [1.807, 2.05) is 0 Å². The van der Waals surface area contributed by atoms with E-state index in [1.54, 1.807) is 12.5 Å². The minimum Gasteiger partial charge on any atom is -0.290 e. The molecule has 0 spiro atoms. The number of nitrogens with one attached hydrogen (secondary N) is 1. The number of hydrogen-bond donors (Lipinski definition) is 2. The van der Waals surface area contributed by atoms with Crippen LogP contribution in [0.3, 0.4) is 0 Å². The lowest BCUT2D eigenvalue weighted by Crippen LogP contribution is -2.00. The molecule has 0 rings (SSSR count). The van der Waals surface area contributed by atoms with Crippen LogP contribution in [0.1, 0.15) is 0 Å². The van der Waals surface area contributed by atoms with Crippen LogP contribution < -0.4 is 5.48 Å². The van der Waals surface area contributed by atoms with Crippen LogP contribution in [0.5, 0.6) is 0 Å². The van der Waals surface area contributed by atoms with Crippen LogP contribution in [0, 0.1) is 0 Å². The lowest BCUT2D eigenvalue weighted by atomic mass is 11.3. The summed E-state index contributed by atoms with van der Waals surface area (Å²) in [6.45, 7) is 0. The quantitative estimate of drug-likeness (QED) is 0.253. The molecule has 0 fully saturated rings. The van der Waals surface area contributed by atoms with Gasteiger partial charge in [-0.15, -0.1) is 0 Å². The first kappa shape index (κ1) is 4.43. The van der Waals surface area contributed by atoms with Crippen LogP contribution in [-0.4, -0.2) is 18.6 Å². The minimum absolute atomic E-state index is 1.18. The van der Waals surface area contributed by atoms with E-state index in [4.69, 9.17) is 5.21 Å². The SMILES string of the molecule is C/N=C/NO. The Morgan fingerprint density at radius 3 is 2.60 bits per heavy atom. The van der Waals surface area contributed by atoms with Crippen molar-refractivity contribution in [1.29, 1.82) is 0 Å². The highest BCUT2D eigenvalue weighted by Crippen LogP contribution is 1.36. The summed E-state index contributed by atoms with van der Waals surface area (Å²) in [6, 6.07) is 0. The molecular formula is C2H6N2O. The van der Waals surface area contributed by atoms with Gasteiger partial charge in [-0.05, 0) is 0 Å². The third-order valence-electron chi connectivity index (χ3n) is 0.187. The lowest BCUT2D eigenvalue weighted by molar-refractivity contribution is 0.239. The van der Waals surface area contributed by atoms with Crippen molar-refractivity contribution in [3.8, 4) is 0 Å². The molecule has 0 amide bonds.